The van der Waals surface area contributed by atoms with Gasteiger partial charge in [-0.25, -0.2) is 4.79 Å². The molecule has 0 aliphatic carbocycles. The monoisotopic (exact) mass is 1130 g/mol. The number of phenols is 1. The number of nitrogens with one attached hydrogen (secondary N) is 8. The minimum Gasteiger partial charge on any atom is -0.508 e. The van der Waals surface area contributed by atoms with Crippen molar-refractivity contribution in [2.24, 2.45) is 23.3 Å². The highest BCUT2D eigenvalue weighted by atomic mass is 16.4. The van der Waals surface area contributed by atoms with Crippen molar-refractivity contribution in [2.75, 3.05) is 13.2 Å². The fourth-order valence-electron chi connectivity index (χ4n) is 8.45. The molecule has 0 unspecified atom stereocenters. The van der Waals surface area contributed by atoms with Gasteiger partial charge in [-0.2, -0.15) is 0 Å². The molecule has 0 saturated carbocycles. The lowest BCUT2D eigenvalue weighted by molar-refractivity contribution is -0.143. The minimum absolute atomic E-state index is 0.0439. The van der Waals surface area contributed by atoms with E-state index < -0.39 is 145 Å². The fourth-order valence-corrected chi connectivity index (χ4v) is 8.45. The number of carbonyl (C=O) groups excluding carboxylic acids is 8. The summed E-state index contributed by atoms with van der Waals surface area (Å²) in [6.07, 6.45) is 0.363. The molecule has 0 fully saturated rings. The van der Waals surface area contributed by atoms with Crippen LogP contribution in [0.4, 0.5) is 0 Å². The number of aliphatic hydroxyl groups excluding tert-OH is 1. The highest BCUT2D eigenvalue weighted by Crippen LogP contribution is 2.15. The number of amides is 8. The average molecular weight is 1130 g/mol. The maximum atomic E-state index is 14.5. The van der Waals surface area contributed by atoms with Crippen molar-refractivity contribution in [3.8, 4) is 5.75 Å². The maximum absolute atomic E-state index is 14.5. The van der Waals surface area contributed by atoms with Crippen LogP contribution in [0.5, 0.6) is 5.75 Å². The molecule has 8 amide bonds. The summed E-state index contributed by atoms with van der Waals surface area (Å²) in [6, 6.07) is 10.9. The highest BCUT2D eigenvalue weighted by molar-refractivity contribution is 5.98. The summed E-state index contributed by atoms with van der Waals surface area (Å²) in [5.41, 5.74) is 13.8. The molecular formula is C57H82N10O14. The molecule has 3 aromatic carbocycles. The molecule has 24 nitrogen and oxygen atoms in total. The van der Waals surface area contributed by atoms with Crippen molar-refractivity contribution in [1.29, 1.82) is 0 Å². The molecule has 3 aromatic rings. The van der Waals surface area contributed by atoms with Crippen LogP contribution in [0.25, 0.3) is 0 Å². The zero-order valence-corrected chi connectivity index (χ0v) is 46.7. The number of benzene rings is 3. The van der Waals surface area contributed by atoms with Crippen LogP contribution in [0.3, 0.4) is 0 Å². The minimum atomic E-state index is -1.71. The molecule has 16 N–H and O–H groups in total. The molecule has 0 aromatic heterocycles. The highest BCUT2D eigenvalue weighted by Gasteiger charge is 2.36. The second-order valence-corrected chi connectivity index (χ2v) is 20.6. The van der Waals surface area contributed by atoms with Crippen LogP contribution in [-0.4, -0.2) is 147 Å². The Labute approximate surface area is 472 Å². The van der Waals surface area contributed by atoms with Gasteiger partial charge in [0, 0.05) is 19.3 Å². The van der Waals surface area contributed by atoms with E-state index in [0.717, 1.165) is 5.56 Å². The van der Waals surface area contributed by atoms with Crippen LogP contribution in [0.1, 0.15) is 103 Å². The van der Waals surface area contributed by atoms with Gasteiger partial charge in [-0.15, -0.1) is 0 Å². The predicted molar refractivity (Wildman–Crippen MR) is 299 cm³/mol. The molecule has 9 atom stereocenters. The maximum Gasteiger partial charge on any atom is 0.326 e. The van der Waals surface area contributed by atoms with E-state index in [9.17, 15) is 68.4 Å². The summed E-state index contributed by atoms with van der Waals surface area (Å²) in [5, 5.41) is 60.2. The number of nitrogens with two attached hydrogens (primary N) is 2. The van der Waals surface area contributed by atoms with Gasteiger partial charge in [0.2, 0.25) is 47.3 Å². The summed E-state index contributed by atoms with van der Waals surface area (Å²) in [7, 11) is 0. The van der Waals surface area contributed by atoms with E-state index in [-0.39, 0.29) is 50.8 Å². The van der Waals surface area contributed by atoms with Gasteiger partial charge in [0.05, 0.1) is 12.6 Å². The largest absolute Gasteiger partial charge is 0.508 e. The Hall–Kier alpha value is -7.96. The molecule has 0 aliphatic heterocycles. The Morgan fingerprint density at radius 1 is 0.457 bits per heavy atom. The first-order chi connectivity index (χ1) is 38.5. The van der Waals surface area contributed by atoms with Crippen molar-refractivity contribution >= 4 is 59.2 Å². The number of phenolic OH excluding ortho intramolecular Hbond substituents is 1. The lowest BCUT2D eigenvalue weighted by Crippen LogP contribution is -2.61. The SMILES string of the molecule is CCCC[C@H](NC(=O)[C@H](CCCCN)NC(=O)[C@H](CCC(=O)O)NC(=O)[C@H](CO)NC(=O)[C@@H](NC(=O)[C@@H](N)Cc1ccccc1)C(C)C)C(=O)N[C@@H](Cc1ccccc1)C(=O)N[C@@H](Cc1ccc(O)cc1)C(=O)N[C@H](C(=O)O)C(C)C. The first kappa shape index (κ1) is 67.3. The Balaban J connectivity index is 1.89. The van der Waals surface area contributed by atoms with Gasteiger partial charge in [0.25, 0.3) is 0 Å². The van der Waals surface area contributed by atoms with Crippen LogP contribution in [0.15, 0.2) is 84.9 Å². The van der Waals surface area contributed by atoms with E-state index in [2.05, 4.69) is 42.5 Å². The van der Waals surface area contributed by atoms with E-state index in [4.69, 9.17) is 11.5 Å². The molecular weight excluding hydrogens is 1050 g/mol. The number of unbranched alkanes of at least 4 members (excludes halogenated alkanes) is 2. The van der Waals surface area contributed by atoms with Gasteiger partial charge in [0.1, 0.15) is 54.1 Å². The standard InChI is InChI=1S/C57H82N10O14/c1-6-7-20-40(51(74)63-43(30-36-18-12-9-13-19-36)53(76)64-44(31-37-22-24-38(69)25-23-37)54(77)67-48(34(4)5)57(80)81)60-50(73)41(21-14-15-28-58)61-52(75)42(26-27-46(70)71)62-55(78)45(32-68)65-56(79)47(33(2)3)66-49(72)39(59)29-35-16-10-8-11-17-35/h8-13,16-19,22-25,33-34,39-45,47-48,68-69H,6-7,14-15,20-21,26-32,58-59H2,1-5H3,(H,60,73)(H,61,75)(H,62,78)(H,63,74)(H,64,76)(H,65,79)(H,66,72)(H,67,77)(H,70,71)(H,80,81)/t39-,40-,41-,42-,43-,44-,45-,47-,48-/m0/s1. The topological polar surface area (TPSA) is 400 Å². The van der Waals surface area contributed by atoms with Gasteiger partial charge in [0.15, 0.2) is 0 Å². The molecule has 81 heavy (non-hydrogen) atoms. The molecule has 0 aliphatic rings. The van der Waals surface area contributed by atoms with Crippen molar-refractivity contribution in [3.63, 3.8) is 0 Å². The lowest BCUT2D eigenvalue weighted by atomic mass is 10.00. The van der Waals surface area contributed by atoms with Crippen molar-refractivity contribution in [1.82, 2.24) is 42.5 Å². The molecule has 3 rings (SSSR count). The number of hydrogen-bond acceptors (Lipinski definition) is 14. The number of aliphatic hydroxyl groups is 1. The third-order valence-corrected chi connectivity index (χ3v) is 13.2. The van der Waals surface area contributed by atoms with Gasteiger partial charge in [-0.1, -0.05) is 120 Å². The number of aromatic hydroxyl groups is 1. The summed E-state index contributed by atoms with van der Waals surface area (Å²) in [6.45, 7) is 7.52. The van der Waals surface area contributed by atoms with E-state index in [1.54, 1.807) is 88.4 Å². The number of carboxylic acid groups (broad SMARTS) is 2. The normalized spacial score (nSPS) is 14.5. The third-order valence-electron chi connectivity index (χ3n) is 13.2. The summed E-state index contributed by atoms with van der Waals surface area (Å²) < 4.78 is 0. The quantitative estimate of drug-likeness (QED) is 0.0346. The molecule has 24 heteroatoms. The predicted octanol–water partition coefficient (Wildman–Crippen LogP) is 0.199. The molecule has 444 valence electrons. The molecule has 0 bridgehead atoms. The Bertz CT molecular complexity index is 2540. The van der Waals surface area contributed by atoms with E-state index in [0.29, 0.717) is 30.4 Å². The second kappa shape index (κ2) is 34.9. The molecule has 0 saturated heterocycles. The van der Waals surface area contributed by atoms with E-state index >= 15 is 0 Å². The van der Waals surface area contributed by atoms with Gasteiger partial charge in [-0.3, -0.25) is 43.2 Å². The number of aliphatic carboxylic acids is 2. The van der Waals surface area contributed by atoms with Gasteiger partial charge >= 0.3 is 11.9 Å². The smallest absolute Gasteiger partial charge is 0.326 e. The van der Waals surface area contributed by atoms with Crippen LogP contribution < -0.4 is 54.0 Å². The number of rotatable bonds is 36. The number of hydrogen-bond donors (Lipinski definition) is 14. The number of carboxylic acids is 2. The van der Waals surface area contributed by atoms with Gasteiger partial charge < -0.3 is 74.4 Å². The zero-order chi connectivity index (χ0) is 60.2. The summed E-state index contributed by atoms with van der Waals surface area (Å²) >= 11 is 0. The first-order valence-electron chi connectivity index (χ1n) is 27.3. The van der Waals surface area contributed by atoms with Crippen LogP contribution in [0, 0.1) is 11.8 Å². The zero-order valence-electron chi connectivity index (χ0n) is 46.7. The second-order valence-electron chi connectivity index (χ2n) is 20.6. The molecule has 0 spiro atoms. The summed E-state index contributed by atoms with van der Waals surface area (Å²) in [5.74, 6) is -10.8. The van der Waals surface area contributed by atoms with E-state index in [1.165, 1.54) is 24.3 Å². The van der Waals surface area contributed by atoms with Gasteiger partial charge in [-0.05, 0) is 85.7 Å². The van der Waals surface area contributed by atoms with Crippen LogP contribution in [0.2, 0.25) is 0 Å². The third kappa shape index (κ3) is 23.7. The van der Waals surface area contributed by atoms with Crippen molar-refractivity contribution in [2.45, 2.75) is 160 Å². The van der Waals surface area contributed by atoms with Crippen molar-refractivity contribution < 1.29 is 68.4 Å². The first-order valence-corrected chi connectivity index (χ1v) is 27.3. The Morgan fingerprint density at radius 2 is 0.852 bits per heavy atom. The average Bonchev–Trinajstić information content (AvgIpc) is 3.44. The van der Waals surface area contributed by atoms with E-state index in [1.807, 2.05) is 6.92 Å². The number of carbonyl (C=O) groups is 10. The van der Waals surface area contributed by atoms with Crippen LogP contribution >= 0.6 is 0 Å². The van der Waals surface area contributed by atoms with Crippen molar-refractivity contribution in [3.05, 3.63) is 102 Å². The lowest BCUT2D eigenvalue weighted by Gasteiger charge is -2.28. The Kier molecular flexibility index (Phi) is 29.0. The molecule has 0 heterocycles. The van der Waals surface area contributed by atoms with Crippen LogP contribution in [-0.2, 0) is 67.2 Å². The fraction of sp³-hybridized carbons (Fsp3) is 0.509. The molecule has 0 radical (unpaired) electrons. The Morgan fingerprint density at radius 3 is 1.30 bits per heavy atom. The summed E-state index contributed by atoms with van der Waals surface area (Å²) in [4.78, 5) is 136.